The highest BCUT2D eigenvalue weighted by atomic mass is 35.5. The van der Waals surface area contributed by atoms with Gasteiger partial charge >= 0.3 is 5.97 Å². The van der Waals surface area contributed by atoms with Crippen LogP contribution in [0.5, 0.6) is 0 Å². The molecule has 8 heteroatoms. The number of sulfone groups is 1. The van der Waals surface area contributed by atoms with Gasteiger partial charge in [0.25, 0.3) is 5.91 Å². The molecule has 2 N–H and O–H groups in total. The number of amides is 1. The van der Waals surface area contributed by atoms with Crippen LogP contribution in [0.2, 0.25) is 5.02 Å². The number of halogens is 1. The van der Waals surface area contributed by atoms with E-state index in [0.29, 0.717) is 0 Å². The van der Waals surface area contributed by atoms with E-state index in [4.69, 9.17) is 16.7 Å². The summed E-state index contributed by atoms with van der Waals surface area (Å²) in [5.41, 5.74) is 0.0340. The van der Waals surface area contributed by atoms with Crippen molar-refractivity contribution in [3.8, 4) is 0 Å². The molecular formula is C13H16ClNO5S. The fourth-order valence-electron chi connectivity index (χ4n) is 1.67. The fraction of sp³-hybridized carbons (Fsp3) is 0.385. The summed E-state index contributed by atoms with van der Waals surface area (Å²) in [5, 5.41) is 11.4. The zero-order chi connectivity index (χ0) is 16.4. The molecule has 0 saturated carbocycles. The maximum Gasteiger partial charge on any atom is 0.326 e. The Morgan fingerprint density at radius 2 is 1.86 bits per heavy atom. The number of nitrogens with one attached hydrogen (secondary N) is 1. The van der Waals surface area contributed by atoms with Crippen molar-refractivity contribution in [1.82, 2.24) is 5.32 Å². The number of aliphatic carboxylic acids is 1. The van der Waals surface area contributed by atoms with Crippen LogP contribution in [0, 0.1) is 5.92 Å². The molecule has 0 fully saturated rings. The SMILES string of the molecule is CC(C)C(NC(=O)c1ccc(Cl)c(S(C)(=O)=O)c1)C(=O)O. The summed E-state index contributed by atoms with van der Waals surface area (Å²) < 4.78 is 23.1. The van der Waals surface area contributed by atoms with Gasteiger partial charge in [-0.15, -0.1) is 0 Å². The van der Waals surface area contributed by atoms with E-state index in [-0.39, 0.29) is 21.4 Å². The second-order valence-electron chi connectivity index (χ2n) is 4.95. The minimum absolute atomic E-state index is 0.00712. The summed E-state index contributed by atoms with van der Waals surface area (Å²) in [4.78, 5) is 22.9. The van der Waals surface area contributed by atoms with E-state index in [1.807, 2.05) is 0 Å². The number of carbonyl (C=O) groups is 2. The lowest BCUT2D eigenvalue weighted by Crippen LogP contribution is -2.44. The quantitative estimate of drug-likeness (QED) is 0.852. The van der Waals surface area contributed by atoms with Gasteiger partial charge < -0.3 is 10.4 Å². The van der Waals surface area contributed by atoms with Crippen LogP contribution in [0.4, 0.5) is 0 Å². The Kier molecular flexibility index (Phi) is 5.36. The average Bonchev–Trinajstić information content (AvgIpc) is 2.33. The monoisotopic (exact) mass is 333 g/mol. The van der Waals surface area contributed by atoms with Crippen LogP contribution in [0.1, 0.15) is 24.2 Å². The molecule has 0 radical (unpaired) electrons. The molecule has 1 amide bonds. The fourth-order valence-corrected chi connectivity index (χ4v) is 2.97. The molecule has 0 aromatic heterocycles. The minimum atomic E-state index is -3.58. The molecule has 1 rings (SSSR count). The molecule has 1 aromatic rings. The molecule has 0 aliphatic rings. The zero-order valence-corrected chi connectivity index (χ0v) is 13.3. The van der Waals surface area contributed by atoms with Gasteiger partial charge in [0, 0.05) is 11.8 Å². The molecule has 0 bridgehead atoms. The number of hydrogen-bond acceptors (Lipinski definition) is 4. The molecule has 116 valence electrons. The van der Waals surface area contributed by atoms with Gasteiger partial charge in [-0.1, -0.05) is 25.4 Å². The van der Waals surface area contributed by atoms with Gasteiger partial charge in [-0.05, 0) is 24.1 Å². The molecule has 1 atom stereocenters. The number of carbonyl (C=O) groups excluding carboxylic acids is 1. The highest BCUT2D eigenvalue weighted by molar-refractivity contribution is 7.90. The van der Waals surface area contributed by atoms with E-state index in [1.54, 1.807) is 13.8 Å². The van der Waals surface area contributed by atoms with Crippen molar-refractivity contribution < 1.29 is 23.1 Å². The number of carboxylic acids is 1. The summed E-state index contributed by atoms with van der Waals surface area (Å²) >= 11 is 5.79. The van der Waals surface area contributed by atoms with Crippen LogP contribution in [0.15, 0.2) is 23.1 Å². The second-order valence-corrected chi connectivity index (χ2v) is 7.34. The van der Waals surface area contributed by atoms with E-state index in [2.05, 4.69) is 5.32 Å². The third-order valence-corrected chi connectivity index (χ3v) is 4.39. The lowest BCUT2D eigenvalue weighted by Gasteiger charge is -2.18. The lowest BCUT2D eigenvalue weighted by atomic mass is 10.0. The Hall–Kier alpha value is -1.60. The maximum atomic E-state index is 12.0. The lowest BCUT2D eigenvalue weighted by molar-refractivity contribution is -0.140. The van der Waals surface area contributed by atoms with E-state index in [0.717, 1.165) is 12.3 Å². The van der Waals surface area contributed by atoms with E-state index in [9.17, 15) is 18.0 Å². The van der Waals surface area contributed by atoms with Gasteiger partial charge in [0.05, 0.1) is 9.92 Å². The highest BCUT2D eigenvalue weighted by Crippen LogP contribution is 2.22. The molecule has 1 aromatic carbocycles. The van der Waals surface area contributed by atoms with Crippen molar-refractivity contribution in [2.45, 2.75) is 24.8 Å². The first-order chi connectivity index (χ1) is 9.54. The first-order valence-corrected chi connectivity index (χ1v) is 8.34. The minimum Gasteiger partial charge on any atom is -0.480 e. The largest absolute Gasteiger partial charge is 0.480 e. The zero-order valence-electron chi connectivity index (χ0n) is 11.8. The Morgan fingerprint density at radius 1 is 1.29 bits per heavy atom. The van der Waals surface area contributed by atoms with E-state index >= 15 is 0 Å². The Morgan fingerprint density at radius 3 is 2.29 bits per heavy atom. The van der Waals surface area contributed by atoms with E-state index < -0.39 is 27.8 Å². The summed E-state index contributed by atoms with van der Waals surface area (Å²) in [6.45, 7) is 3.31. The van der Waals surface area contributed by atoms with E-state index in [1.165, 1.54) is 12.1 Å². The van der Waals surface area contributed by atoms with Crippen LogP contribution in [0.25, 0.3) is 0 Å². The molecule has 0 aliphatic carbocycles. The van der Waals surface area contributed by atoms with Gasteiger partial charge in [-0.2, -0.15) is 0 Å². The van der Waals surface area contributed by atoms with Gasteiger partial charge in [0.15, 0.2) is 9.84 Å². The molecule has 1 unspecified atom stereocenters. The molecule has 0 aliphatic heterocycles. The molecule has 21 heavy (non-hydrogen) atoms. The average molecular weight is 334 g/mol. The van der Waals surface area contributed by atoms with Crippen LogP contribution in [0.3, 0.4) is 0 Å². The van der Waals surface area contributed by atoms with Crippen molar-refractivity contribution in [1.29, 1.82) is 0 Å². The van der Waals surface area contributed by atoms with Crippen LogP contribution in [-0.4, -0.2) is 37.7 Å². The molecular weight excluding hydrogens is 318 g/mol. The summed E-state index contributed by atoms with van der Waals surface area (Å²) in [7, 11) is -3.58. The number of carboxylic acid groups (broad SMARTS) is 1. The van der Waals surface area contributed by atoms with Crippen molar-refractivity contribution >= 4 is 33.3 Å². The smallest absolute Gasteiger partial charge is 0.326 e. The van der Waals surface area contributed by atoms with Crippen molar-refractivity contribution in [3.05, 3.63) is 28.8 Å². The Bertz CT molecular complexity index is 669. The number of hydrogen-bond donors (Lipinski definition) is 2. The van der Waals surface area contributed by atoms with Crippen molar-refractivity contribution in [2.24, 2.45) is 5.92 Å². The first kappa shape index (κ1) is 17.5. The van der Waals surface area contributed by atoms with Crippen LogP contribution >= 0.6 is 11.6 Å². The third kappa shape index (κ3) is 4.44. The maximum absolute atomic E-state index is 12.0. The van der Waals surface area contributed by atoms with Crippen molar-refractivity contribution in [3.63, 3.8) is 0 Å². The molecule has 0 saturated heterocycles. The predicted molar refractivity (Wildman–Crippen MR) is 78.3 cm³/mol. The van der Waals surface area contributed by atoms with Crippen molar-refractivity contribution in [2.75, 3.05) is 6.26 Å². The molecule has 0 spiro atoms. The molecule has 6 nitrogen and oxygen atoms in total. The van der Waals surface area contributed by atoms with Gasteiger partial charge in [-0.3, -0.25) is 4.79 Å². The summed E-state index contributed by atoms with van der Waals surface area (Å²) in [6, 6.07) is 2.70. The Labute approximate surface area is 128 Å². The topological polar surface area (TPSA) is 101 Å². The van der Waals surface area contributed by atoms with Gasteiger partial charge in [-0.25, -0.2) is 13.2 Å². The number of benzene rings is 1. The normalized spacial score (nSPS) is 13.0. The predicted octanol–water partition coefficient (Wildman–Crippen LogP) is 1.58. The number of rotatable bonds is 5. The van der Waals surface area contributed by atoms with Crippen LogP contribution in [-0.2, 0) is 14.6 Å². The first-order valence-electron chi connectivity index (χ1n) is 6.07. The summed E-state index contributed by atoms with van der Waals surface area (Å²) in [6.07, 6.45) is 0.976. The molecule has 0 heterocycles. The Balaban J connectivity index is 3.12. The van der Waals surface area contributed by atoms with Gasteiger partial charge in [0.2, 0.25) is 0 Å². The third-order valence-electron chi connectivity index (χ3n) is 2.81. The van der Waals surface area contributed by atoms with Crippen LogP contribution < -0.4 is 5.32 Å². The highest BCUT2D eigenvalue weighted by Gasteiger charge is 2.24. The second kappa shape index (κ2) is 6.44. The van der Waals surface area contributed by atoms with Gasteiger partial charge in [0.1, 0.15) is 6.04 Å². The standard InChI is InChI=1S/C13H16ClNO5S/c1-7(2)11(13(17)18)15-12(16)8-4-5-9(14)10(6-8)21(3,19)20/h4-7,11H,1-3H3,(H,15,16)(H,17,18). The summed E-state index contributed by atoms with van der Waals surface area (Å²) in [5.74, 6) is -2.14.